The molecular weight excluding hydrogens is 481 g/mol. The van der Waals surface area contributed by atoms with Gasteiger partial charge in [-0.05, 0) is 37.3 Å². The van der Waals surface area contributed by atoms with E-state index >= 15 is 4.39 Å². The minimum absolute atomic E-state index is 0.0574. The van der Waals surface area contributed by atoms with Crippen LogP contribution in [0.2, 0.25) is 0 Å². The predicted octanol–water partition coefficient (Wildman–Crippen LogP) is 7.57. The summed E-state index contributed by atoms with van der Waals surface area (Å²) in [5.74, 6) is -0.0691. The van der Waals surface area contributed by atoms with Crippen LogP contribution in [0.1, 0.15) is 50.7 Å². The Balaban J connectivity index is 0.00000115. The van der Waals surface area contributed by atoms with E-state index in [2.05, 4.69) is 46.1 Å². The highest BCUT2D eigenvalue weighted by Gasteiger charge is 2.26. The van der Waals surface area contributed by atoms with Gasteiger partial charge in [0, 0.05) is 47.9 Å². The zero-order valence-electron chi connectivity index (χ0n) is 21.3. The van der Waals surface area contributed by atoms with Crippen LogP contribution >= 0.6 is 11.9 Å². The Morgan fingerprint density at radius 3 is 2.33 bits per heavy atom. The molecule has 2 heterocycles. The lowest BCUT2D eigenvalue weighted by molar-refractivity contribution is 0.224. The second-order valence-corrected chi connectivity index (χ2v) is 9.81. The lowest BCUT2D eigenvalue weighted by Crippen LogP contribution is -2.34. The number of rotatable bonds is 8. The van der Waals surface area contributed by atoms with Crippen molar-refractivity contribution < 1.29 is 13.2 Å². The van der Waals surface area contributed by atoms with Crippen molar-refractivity contribution in [2.75, 3.05) is 24.2 Å². The van der Waals surface area contributed by atoms with Crippen LogP contribution in [0.25, 0.3) is 0 Å². The molecule has 194 valence electrons. The smallest absolute Gasteiger partial charge is 0.278 e. The molecule has 1 saturated heterocycles. The van der Waals surface area contributed by atoms with Crippen LogP contribution in [-0.4, -0.2) is 41.5 Å². The van der Waals surface area contributed by atoms with Crippen LogP contribution in [0.4, 0.5) is 18.9 Å². The standard InChI is InChI=1S/C25H27F3N4S.C3H8/c1-17(18-10-12-31(33-2)13-11-18)32(21-6-4-3-5-7-21)16-20-9-8-19(14-22(20)26)23-15-24(25(27)28)30-29-23;1-3-2/h3-9,14,18,25H,1,10-13,15-16H2,2H3;3H2,1-2H3. The van der Waals surface area contributed by atoms with Gasteiger partial charge >= 0.3 is 0 Å². The maximum atomic E-state index is 15.1. The van der Waals surface area contributed by atoms with Gasteiger partial charge in [-0.15, -0.1) is 0 Å². The van der Waals surface area contributed by atoms with Gasteiger partial charge < -0.3 is 4.90 Å². The van der Waals surface area contributed by atoms with Gasteiger partial charge in [0.05, 0.1) is 12.3 Å². The Morgan fingerprint density at radius 1 is 1.11 bits per heavy atom. The van der Waals surface area contributed by atoms with Gasteiger partial charge in [0.1, 0.15) is 11.5 Å². The Hall–Kier alpha value is -2.58. The molecule has 8 heteroatoms. The van der Waals surface area contributed by atoms with Crippen LogP contribution in [0, 0.1) is 11.7 Å². The molecule has 0 aromatic heterocycles. The van der Waals surface area contributed by atoms with Crippen molar-refractivity contribution in [1.29, 1.82) is 0 Å². The SMILES string of the molecule is C=C(C1CCN(SC)CC1)N(Cc1ccc(C2=NN=C(C(F)F)C2)cc1F)c1ccccc1.CCC. The number of alkyl halides is 2. The minimum atomic E-state index is -2.65. The molecule has 0 N–H and O–H groups in total. The number of anilines is 1. The van der Waals surface area contributed by atoms with E-state index in [1.807, 2.05) is 30.3 Å². The van der Waals surface area contributed by atoms with Crippen molar-refractivity contribution in [1.82, 2.24) is 4.31 Å². The first-order chi connectivity index (χ1) is 17.4. The van der Waals surface area contributed by atoms with E-state index in [-0.39, 0.29) is 12.1 Å². The maximum absolute atomic E-state index is 15.1. The fraction of sp³-hybridized carbons (Fsp3) is 0.429. The fourth-order valence-electron chi connectivity index (χ4n) is 4.23. The molecule has 4 rings (SSSR count). The molecule has 1 fully saturated rings. The topological polar surface area (TPSA) is 31.2 Å². The monoisotopic (exact) mass is 516 g/mol. The molecule has 4 nitrogen and oxygen atoms in total. The van der Waals surface area contributed by atoms with Crippen molar-refractivity contribution >= 4 is 29.1 Å². The number of piperidine rings is 1. The van der Waals surface area contributed by atoms with Gasteiger partial charge in [0.15, 0.2) is 0 Å². The number of benzene rings is 2. The maximum Gasteiger partial charge on any atom is 0.278 e. The molecular formula is C28H35F3N4S. The normalized spacial score (nSPS) is 16.3. The van der Waals surface area contributed by atoms with Crippen LogP contribution in [0.3, 0.4) is 0 Å². The first-order valence-electron chi connectivity index (χ1n) is 12.4. The molecule has 2 aliphatic rings. The summed E-state index contributed by atoms with van der Waals surface area (Å²) in [4.78, 5) is 2.09. The van der Waals surface area contributed by atoms with Gasteiger partial charge in [-0.1, -0.05) is 69.1 Å². The number of nitrogens with zero attached hydrogens (tertiary/aromatic N) is 4. The summed E-state index contributed by atoms with van der Waals surface area (Å²) >= 11 is 1.76. The van der Waals surface area contributed by atoms with Crippen molar-refractivity contribution in [3.05, 3.63) is 77.8 Å². The van der Waals surface area contributed by atoms with Crippen molar-refractivity contribution in [2.45, 2.75) is 52.5 Å². The molecule has 2 aromatic carbocycles. The Kier molecular flexibility index (Phi) is 10.6. The zero-order valence-corrected chi connectivity index (χ0v) is 22.1. The van der Waals surface area contributed by atoms with Gasteiger partial charge in [0.2, 0.25) is 0 Å². The quantitative estimate of drug-likeness (QED) is 0.339. The summed E-state index contributed by atoms with van der Waals surface area (Å²) in [5, 5.41) is 7.35. The summed E-state index contributed by atoms with van der Waals surface area (Å²) in [5.41, 5.74) is 3.02. The second-order valence-electron chi connectivity index (χ2n) is 8.93. The third-order valence-electron chi connectivity index (χ3n) is 6.21. The first-order valence-corrected chi connectivity index (χ1v) is 13.6. The Morgan fingerprint density at radius 2 is 1.78 bits per heavy atom. The van der Waals surface area contributed by atoms with E-state index in [4.69, 9.17) is 0 Å². The van der Waals surface area contributed by atoms with E-state index in [1.165, 1.54) is 12.5 Å². The molecule has 0 atom stereocenters. The van der Waals surface area contributed by atoms with E-state index in [0.717, 1.165) is 37.3 Å². The number of allylic oxidation sites excluding steroid dienone is 1. The lowest BCUT2D eigenvalue weighted by Gasteiger charge is -2.36. The second kappa shape index (κ2) is 13.7. The number of halogens is 3. The molecule has 0 bridgehead atoms. The summed E-state index contributed by atoms with van der Waals surface area (Å²) < 4.78 is 43.2. The molecule has 0 radical (unpaired) electrons. The van der Waals surface area contributed by atoms with Gasteiger partial charge in [-0.2, -0.15) is 10.2 Å². The van der Waals surface area contributed by atoms with E-state index in [0.29, 0.717) is 29.3 Å². The zero-order chi connectivity index (χ0) is 26.1. The molecule has 36 heavy (non-hydrogen) atoms. The van der Waals surface area contributed by atoms with Gasteiger partial charge in [0.25, 0.3) is 6.43 Å². The first kappa shape index (κ1) is 28.0. The van der Waals surface area contributed by atoms with Crippen LogP contribution in [0.15, 0.2) is 71.0 Å². The Labute approximate surface area is 217 Å². The third-order valence-corrected chi connectivity index (χ3v) is 7.09. The summed E-state index contributed by atoms with van der Waals surface area (Å²) in [6.07, 6.45) is 2.66. The largest absolute Gasteiger partial charge is 0.341 e. The molecule has 0 aliphatic carbocycles. The van der Waals surface area contributed by atoms with Crippen LogP contribution < -0.4 is 4.90 Å². The highest BCUT2D eigenvalue weighted by atomic mass is 32.2. The van der Waals surface area contributed by atoms with Crippen LogP contribution in [-0.2, 0) is 6.54 Å². The van der Waals surface area contributed by atoms with Gasteiger partial charge in [-0.3, -0.25) is 4.31 Å². The number of para-hydroxylation sites is 1. The molecule has 0 amide bonds. The van der Waals surface area contributed by atoms with Crippen molar-refractivity contribution in [2.24, 2.45) is 16.1 Å². The summed E-state index contributed by atoms with van der Waals surface area (Å²) in [6, 6.07) is 14.7. The summed E-state index contributed by atoms with van der Waals surface area (Å²) in [6.45, 7) is 11.0. The molecule has 2 aliphatic heterocycles. The molecule has 2 aromatic rings. The fourth-order valence-corrected chi connectivity index (χ4v) is 4.81. The summed E-state index contributed by atoms with van der Waals surface area (Å²) in [7, 11) is 0. The minimum Gasteiger partial charge on any atom is -0.341 e. The number of hydrogen-bond donors (Lipinski definition) is 0. The number of hydrogen-bond acceptors (Lipinski definition) is 5. The predicted molar refractivity (Wildman–Crippen MR) is 147 cm³/mol. The average molecular weight is 517 g/mol. The van der Waals surface area contributed by atoms with Crippen molar-refractivity contribution in [3.63, 3.8) is 0 Å². The Bertz CT molecular complexity index is 1060. The van der Waals surface area contributed by atoms with Crippen LogP contribution in [0.5, 0.6) is 0 Å². The van der Waals surface area contributed by atoms with E-state index < -0.39 is 12.2 Å². The van der Waals surface area contributed by atoms with E-state index in [9.17, 15) is 8.78 Å². The van der Waals surface area contributed by atoms with Gasteiger partial charge in [-0.25, -0.2) is 13.2 Å². The highest BCUT2D eigenvalue weighted by molar-refractivity contribution is 7.96. The lowest BCUT2D eigenvalue weighted by atomic mass is 9.93. The average Bonchev–Trinajstić information content (AvgIpc) is 3.40. The highest BCUT2D eigenvalue weighted by Crippen LogP contribution is 2.33. The molecule has 0 unspecified atom stereocenters. The van der Waals surface area contributed by atoms with Crippen molar-refractivity contribution in [3.8, 4) is 0 Å². The third kappa shape index (κ3) is 7.23. The van der Waals surface area contributed by atoms with E-state index in [1.54, 1.807) is 24.1 Å². The molecule has 0 spiro atoms. The molecule has 0 saturated carbocycles.